The van der Waals surface area contributed by atoms with E-state index in [1.807, 2.05) is 13.8 Å². The van der Waals surface area contributed by atoms with Crippen molar-refractivity contribution in [3.8, 4) is 11.5 Å². The number of halogens is 1. The topological polar surface area (TPSA) is 49.7 Å². The van der Waals surface area contributed by atoms with Gasteiger partial charge in [0.2, 0.25) is 0 Å². The highest BCUT2D eigenvalue weighted by Crippen LogP contribution is 2.43. The summed E-state index contributed by atoms with van der Waals surface area (Å²) in [5, 5.41) is 19.5. The number of phenolic OH excluding ortho intramolecular Hbond substituents is 1. The smallest absolute Gasteiger partial charge is 0.164 e. The first-order valence-corrected chi connectivity index (χ1v) is 5.44. The Labute approximate surface area is 97.8 Å². The Hall–Kier alpha value is -0.740. The second-order valence-corrected chi connectivity index (χ2v) is 4.33. The lowest BCUT2D eigenvalue weighted by molar-refractivity contribution is 0.192. The van der Waals surface area contributed by atoms with E-state index in [9.17, 15) is 10.2 Å². The predicted molar refractivity (Wildman–Crippen MR) is 62.5 cm³/mol. The Morgan fingerprint density at radius 1 is 1.27 bits per heavy atom. The number of ether oxygens (including phenoxy) is 1. The van der Waals surface area contributed by atoms with Crippen molar-refractivity contribution in [1.29, 1.82) is 0 Å². The van der Waals surface area contributed by atoms with Gasteiger partial charge in [-0.1, -0.05) is 15.9 Å². The van der Waals surface area contributed by atoms with Crippen molar-refractivity contribution < 1.29 is 14.9 Å². The molecule has 0 amide bonds. The molecule has 1 aromatic rings. The van der Waals surface area contributed by atoms with Gasteiger partial charge >= 0.3 is 0 Å². The van der Waals surface area contributed by atoms with Crippen LogP contribution in [0.4, 0.5) is 0 Å². The monoisotopic (exact) mass is 274 g/mol. The maximum Gasteiger partial charge on any atom is 0.164 e. The van der Waals surface area contributed by atoms with Crippen LogP contribution in [0.1, 0.15) is 29.7 Å². The molecular formula is C11H15BrO3. The van der Waals surface area contributed by atoms with E-state index in [1.165, 1.54) is 7.11 Å². The Morgan fingerprint density at radius 2 is 1.80 bits per heavy atom. The van der Waals surface area contributed by atoms with Crippen LogP contribution >= 0.6 is 15.9 Å². The number of rotatable bonds is 2. The maximum atomic E-state index is 9.94. The summed E-state index contributed by atoms with van der Waals surface area (Å²) < 4.78 is 5.97. The van der Waals surface area contributed by atoms with Crippen molar-refractivity contribution in [3.05, 3.63) is 21.2 Å². The van der Waals surface area contributed by atoms with Gasteiger partial charge in [0.15, 0.2) is 11.5 Å². The van der Waals surface area contributed by atoms with Gasteiger partial charge in [-0.2, -0.15) is 0 Å². The number of aliphatic hydroxyl groups excluding tert-OH is 1. The van der Waals surface area contributed by atoms with Gasteiger partial charge in [-0.25, -0.2) is 0 Å². The van der Waals surface area contributed by atoms with Crippen LogP contribution in [0.15, 0.2) is 4.47 Å². The molecule has 0 aliphatic rings. The Morgan fingerprint density at radius 3 is 2.20 bits per heavy atom. The first-order chi connectivity index (χ1) is 6.91. The van der Waals surface area contributed by atoms with Crippen molar-refractivity contribution >= 4 is 15.9 Å². The van der Waals surface area contributed by atoms with Crippen molar-refractivity contribution in [3.63, 3.8) is 0 Å². The van der Waals surface area contributed by atoms with Crippen LogP contribution in [-0.4, -0.2) is 17.3 Å². The molecule has 0 radical (unpaired) electrons. The summed E-state index contributed by atoms with van der Waals surface area (Å²) >= 11 is 3.42. The first-order valence-electron chi connectivity index (χ1n) is 4.65. The Kier molecular flexibility index (Phi) is 3.62. The average Bonchev–Trinajstić information content (AvgIpc) is 2.15. The quantitative estimate of drug-likeness (QED) is 0.872. The molecule has 0 aliphatic carbocycles. The Balaban J connectivity index is 3.60. The lowest BCUT2D eigenvalue weighted by atomic mass is 9.99. The summed E-state index contributed by atoms with van der Waals surface area (Å²) in [5.41, 5.74) is 2.17. The number of aromatic hydroxyl groups is 1. The minimum Gasteiger partial charge on any atom is -0.504 e. The fourth-order valence-electron chi connectivity index (χ4n) is 1.74. The highest BCUT2D eigenvalue weighted by atomic mass is 79.9. The van der Waals surface area contributed by atoms with E-state index in [0.717, 1.165) is 15.6 Å². The first kappa shape index (κ1) is 12.3. The number of benzene rings is 1. The van der Waals surface area contributed by atoms with Crippen LogP contribution in [0, 0.1) is 13.8 Å². The summed E-state index contributed by atoms with van der Waals surface area (Å²) in [6.45, 7) is 5.31. The molecule has 0 saturated carbocycles. The molecule has 1 unspecified atom stereocenters. The summed E-state index contributed by atoms with van der Waals surface area (Å²) in [5.74, 6) is 0.425. The zero-order valence-electron chi connectivity index (χ0n) is 9.26. The average molecular weight is 275 g/mol. The van der Waals surface area contributed by atoms with E-state index in [1.54, 1.807) is 6.92 Å². The summed E-state index contributed by atoms with van der Waals surface area (Å²) in [6.07, 6.45) is -0.726. The zero-order chi connectivity index (χ0) is 11.7. The van der Waals surface area contributed by atoms with Crippen LogP contribution in [0.25, 0.3) is 0 Å². The lowest BCUT2D eigenvalue weighted by Gasteiger charge is -2.18. The van der Waals surface area contributed by atoms with Crippen molar-refractivity contribution in [2.24, 2.45) is 0 Å². The third kappa shape index (κ3) is 1.96. The van der Waals surface area contributed by atoms with Gasteiger partial charge in [0.25, 0.3) is 0 Å². The molecule has 15 heavy (non-hydrogen) atoms. The van der Waals surface area contributed by atoms with Crippen molar-refractivity contribution in [2.45, 2.75) is 26.9 Å². The van der Waals surface area contributed by atoms with Crippen molar-refractivity contribution in [1.82, 2.24) is 0 Å². The molecule has 0 saturated heterocycles. The number of hydrogen-bond donors (Lipinski definition) is 2. The molecule has 0 fully saturated rings. The van der Waals surface area contributed by atoms with Crippen LogP contribution < -0.4 is 4.74 Å². The molecule has 0 spiro atoms. The molecule has 0 bridgehead atoms. The largest absolute Gasteiger partial charge is 0.504 e. The predicted octanol–water partition coefficient (Wildman–Crippen LogP) is 2.83. The van der Waals surface area contributed by atoms with Crippen LogP contribution in [0.2, 0.25) is 0 Å². The minimum atomic E-state index is -0.726. The molecule has 3 nitrogen and oxygen atoms in total. The second kappa shape index (κ2) is 4.41. The molecule has 0 aromatic heterocycles. The normalized spacial score (nSPS) is 12.7. The van der Waals surface area contributed by atoms with Gasteiger partial charge in [-0.15, -0.1) is 0 Å². The van der Waals surface area contributed by atoms with E-state index < -0.39 is 6.10 Å². The van der Waals surface area contributed by atoms with E-state index in [2.05, 4.69) is 15.9 Å². The molecule has 1 rings (SSSR count). The summed E-state index contributed by atoms with van der Waals surface area (Å²) in [7, 11) is 1.50. The third-order valence-corrected chi connectivity index (χ3v) is 3.68. The van der Waals surface area contributed by atoms with Gasteiger partial charge < -0.3 is 14.9 Å². The van der Waals surface area contributed by atoms with Crippen LogP contribution in [0.3, 0.4) is 0 Å². The standard InChI is InChI=1S/C11H15BrO3/c1-5-8(7(3)13)10(14)11(15-4)6(2)9(5)12/h7,13-14H,1-4H3. The minimum absolute atomic E-state index is 0.0192. The molecule has 1 atom stereocenters. The highest BCUT2D eigenvalue weighted by Gasteiger charge is 2.21. The van der Waals surface area contributed by atoms with E-state index in [-0.39, 0.29) is 5.75 Å². The molecule has 1 aromatic carbocycles. The zero-order valence-corrected chi connectivity index (χ0v) is 10.8. The summed E-state index contributed by atoms with van der Waals surface area (Å²) in [6, 6.07) is 0. The Bertz CT molecular complexity index is 386. The number of methoxy groups -OCH3 is 1. The molecule has 84 valence electrons. The molecule has 0 aliphatic heterocycles. The molecule has 0 heterocycles. The number of phenols is 1. The second-order valence-electron chi connectivity index (χ2n) is 3.54. The van der Waals surface area contributed by atoms with Gasteiger partial charge in [0, 0.05) is 15.6 Å². The van der Waals surface area contributed by atoms with Gasteiger partial charge in [0.05, 0.1) is 13.2 Å². The highest BCUT2D eigenvalue weighted by molar-refractivity contribution is 9.10. The van der Waals surface area contributed by atoms with E-state index in [0.29, 0.717) is 11.3 Å². The molecular weight excluding hydrogens is 260 g/mol. The van der Waals surface area contributed by atoms with Gasteiger partial charge in [-0.05, 0) is 26.3 Å². The third-order valence-electron chi connectivity index (χ3n) is 2.50. The number of aliphatic hydroxyl groups is 1. The van der Waals surface area contributed by atoms with Crippen LogP contribution in [-0.2, 0) is 0 Å². The van der Waals surface area contributed by atoms with Gasteiger partial charge in [-0.3, -0.25) is 0 Å². The lowest BCUT2D eigenvalue weighted by Crippen LogP contribution is -2.01. The van der Waals surface area contributed by atoms with E-state index >= 15 is 0 Å². The summed E-state index contributed by atoms with van der Waals surface area (Å²) in [4.78, 5) is 0. The SMILES string of the molecule is COc1c(C)c(Br)c(C)c(C(C)O)c1O. The maximum absolute atomic E-state index is 9.94. The number of hydrogen-bond acceptors (Lipinski definition) is 3. The molecule has 4 heteroatoms. The van der Waals surface area contributed by atoms with Gasteiger partial charge in [0.1, 0.15) is 0 Å². The fraction of sp³-hybridized carbons (Fsp3) is 0.455. The molecule has 2 N–H and O–H groups in total. The van der Waals surface area contributed by atoms with Crippen molar-refractivity contribution in [2.75, 3.05) is 7.11 Å². The van der Waals surface area contributed by atoms with E-state index in [4.69, 9.17) is 4.74 Å². The fourth-order valence-corrected chi connectivity index (χ4v) is 2.13. The van der Waals surface area contributed by atoms with Crippen LogP contribution in [0.5, 0.6) is 11.5 Å².